The molecular formula is C29H30ClN5O2. The van der Waals surface area contributed by atoms with Crippen molar-refractivity contribution in [3.63, 3.8) is 0 Å². The molecule has 1 fully saturated rings. The van der Waals surface area contributed by atoms with Gasteiger partial charge in [-0.3, -0.25) is 14.6 Å². The highest BCUT2D eigenvalue weighted by Gasteiger charge is 2.36. The van der Waals surface area contributed by atoms with Crippen molar-refractivity contribution in [3.8, 4) is 11.1 Å². The normalized spacial score (nSPS) is 16.9. The maximum atomic E-state index is 13.1. The summed E-state index contributed by atoms with van der Waals surface area (Å²) in [7, 11) is 5.14. The van der Waals surface area contributed by atoms with Crippen LogP contribution in [-0.4, -0.2) is 80.1 Å². The van der Waals surface area contributed by atoms with Crippen LogP contribution >= 0.6 is 11.6 Å². The first kappa shape index (κ1) is 25.0. The van der Waals surface area contributed by atoms with Crippen LogP contribution in [0.15, 0.2) is 59.7 Å². The van der Waals surface area contributed by atoms with Gasteiger partial charge in [-0.1, -0.05) is 41.9 Å². The van der Waals surface area contributed by atoms with Gasteiger partial charge in [0.1, 0.15) is 5.82 Å². The maximum absolute atomic E-state index is 13.1. The van der Waals surface area contributed by atoms with Crippen LogP contribution < -0.4 is 4.90 Å². The monoisotopic (exact) mass is 515 g/mol. The van der Waals surface area contributed by atoms with Gasteiger partial charge < -0.3 is 14.7 Å². The van der Waals surface area contributed by atoms with Crippen molar-refractivity contribution in [3.05, 3.63) is 82.0 Å². The van der Waals surface area contributed by atoms with Crippen LogP contribution in [0.5, 0.6) is 0 Å². The molecule has 7 nitrogen and oxygen atoms in total. The number of piperazine rings is 1. The predicted molar refractivity (Wildman–Crippen MR) is 148 cm³/mol. The van der Waals surface area contributed by atoms with Crippen molar-refractivity contribution in [2.75, 3.05) is 52.2 Å². The minimum atomic E-state index is -0.136. The summed E-state index contributed by atoms with van der Waals surface area (Å²) < 4.78 is 0. The Morgan fingerprint density at radius 3 is 2.49 bits per heavy atom. The molecule has 1 aliphatic heterocycles. The van der Waals surface area contributed by atoms with E-state index in [2.05, 4.69) is 22.0 Å². The fraction of sp³-hybridized carbons (Fsp3) is 0.310. The van der Waals surface area contributed by atoms with Crippen molar-refractivity contribution in [1.29, 1.82) is 0 Å². The number of aliphatic imine (C=N–C) groups is 1. The summed E-state index contributed by atoms with van der Waals surface area (Å²) in [6.07, 6.45) is 4.47. The smallest absolute Gasteiger partial charge is 0.254 e. The standard InChI is InChI=1S/C29H30ClN5O2/c1-31-17-22-14-21(19-8-9-24(26(30)16-19)28(36)33(2)3)18-32-27(22)34-10-12-35(13-11-34)29(37)25-15-20-6-4-5-7-23(20)25/h4-9,14,16-18,25H,10-13,15H2,1-3H3. The molecule has 1 saturated heterocycles. The molecule has 0 bridgehead atoms. The largest absolute Gasteiger partial charge is 0.353 e. The van der Waals surface area contributed by atoms with Crippen LogP contribution in [0.3, 0.4) is 0 Å². The third-order valence-electron chi connectivity index (χ3n) is 7.15. The van der Waals surface area contributed by atoms with Crippen LogP contribution in [0.25, 0.3) is 11.1 Å². The van der Waals surface area contributed by atoms with Crippen molar-refractivity contribution < 1.29 is 9.59 Å². The van der Waals surface area contributed by atoms with Crippen LogP contribution in [-0.2, 0) is 11.2 Å². The molecule has 37 heavy (non-hydrogen) atoms. The molecule has 8 heteroatoms. The zero-order chi connectivity index (χ0) is 26.1. The molecule has 0 radical (unpaired) electrons. The second-order valence-corrected chi connectivity index (χ2v) is 10.1. The zero-order valence-electron chi connectivity index (χ0n) is 21.3. The zero-order valence-corrected chi connectivity index (χ0v) is 22.1. The molecular weight excluding hydrogens is 486 g/mol. The van der Waals surface area contributed by atoms with Crippen molar-refractivity contribution in [1.82, 2.24) is 14.8 Å². The number of benzene rings is 2. The number of anilines is 1. The third-order valence-corrected chi connectivity index (χ3v) is 7.46. The molecule has 0 saturated carbocycles. The molecule has 0 spiro atoms. The Balaban J connectivity index is 1.31. The van der Waals surface area contributed by atoms with Gasteiger partial charge in [-0.25, -0.2) is 4.98 Å². The highest BCUT2D eigenvalue weighted by Crippen LogP contribution is 2.36. The number of fused-ring (bicyclic) bond motifs is 1. The van der Waals surface area contributed by atoms with Gasteiger partial charge in [-0.05, 0) is 41.3 Å². The highest BCUT2D eigenvalue weighted by atomic mass is 35.5. The first-order valence-corrected chi connectivity index (χ1v) is 12.8. The SMILES string of the molecule is CN=Cc1cc(-c2ccc(C(=O)N(C)C)c(Cl)c2)cnc1N1CCN(C(=O)C2Cc3ccccc32)CC1. The average molecular weight is 516 g/mol. The van der Waals surface area contributed by atoms with E-state index in [0.717, 1.165) is 28.9 Å². The lowest BCUT2D eigenvalue weighted by atomic mass is 9.77. The summed E-state index contributed by atoms with van der Waals surface area (Å²) in [6.45, 7) is 2.76. The number of hydrogen-bond acceptors (Lipinski definition) is 5. The Bertz CT molecular complexity index is 1380. The molecule has 2 aromatic carbocycles. The number of halogens is 1. The van der Waals surface area contributed by atoms with Crippen molar-refractivity contribution >= 4 is 35.4 Å². The van der Waals surface area contributed by atoms with Gasteiger partial charge >= 0.3 is 0 Å². The number of aromatic nitrogens is 1. The molecule has 0 N–H and O–H groups in total. The Morgan fingerprint density at radius 1 is 1.05 bits per heavy atom. The van der Waals surface area contributed by atoms with Crippen LogP contribution in [0, 0.1) is 0 Å². The molecule has 2 amide bonds. The van der Waals surface area contributed by atoms with E-state index in [9.17, 15) is 9.59 Å². The fourth-order valence-corrected chi connectivity index (χ4v) is 5.34. The Hall–Kier alpha value is -3.71. The van der Waals surface area contributed by atoms with Gasteiger partial charge in [0.05, 0.1) is 16.5 Å². The number of pyridine rings is 1. The topological polar surface area (TPSA) is 69.1 Å². The van der Waals surface area contributed by atoms with Gasteiger partial charge in [-0.2, -0.15) is 0 Å². The van der Waals surface area contributed by atoms with Crippen LogP contribution in [0.1, 0.15) is 33.0 Å². The summed E-state index contributed by atoms with van der Waals surface area (Å²) in [5.41, 5.74) is 5.59. The lowest BCUT2D eigenvalue weighted by Gasteiger charge is -2.39. The molecule has 2 heterocycles. The van der Waals surface area contributed by atoms with Crippen LogP contribution in [0.4, 0.5) is 5.82 Å². The first-order chi connectivity index (χ1) is 17.9. The number of nitrogens with zero attached hydrogens (tertiary/aromatic N) is 5. The summed E-state index contributed by atoms with van der Waals surface area (Å²) >= 11 is 6.44. The van der Waals surface area contributed by atoms with Gasteiger partial charge in [0.25, 0.3) is 5.91 Å². The number of amides is 2. The van der Waals surface area contributed by atoms with Gasteiger partial charge in [-0.15, -0.1) is 0 Å². The van der Waals surface area contributed by atoms with Gasteiger partial charge in [0.15, 0.2) is 0 Å². The molecule has 1 atom stereocenters. The molecule has 190 valence electrons. The van der Waals surface area contributed by atoms with E-state index in [1.165, 1.54) is 16.0 Å². The first-order valence-electron chi connectivity index (χ1n) is 12.4. The summed E-state index contributed by atoms with van der Waals surface area (Å²) in [5.74, 6) is 0.933. The average Bonchev–Trinajstić information content (AvgIpc) is 2.89. The Kier molecular flexibility index (Phi) is 6.98. The van der Waals surface area contributed by atoms with Crippen LogP contribution in [0.2, 0.25) is 5.02 Å². The Labute approximate surface area is 222 Å². The van der Waals surface area contributed by atoms with E-state index in [0.29, 0.717) is 36.8 Å². The highest BCUT2D eigenvalue weighted by molar-refractivity contribution is 6.34. The number of rotatable bonds is 5. The molecule has 1 unspecified atom stereocenters. The van der Waals surface area contributed by atoms with E-state index in [1.54, 1.807) is 39.5 Å². The number of hydrogen-bond donors (Lipinski definition) is 0. The van der Waals surface area contributed by atoms with E-state index in [1.807, 2.05) is 35.4 Å². The van der Waals surface area contributed by atoms with Gasteiger partial charge in [0.2, 0.25) is 5.91 Å². The number of carbonyl (C=O) groups excluding carboxylic acids is 2. The second kappa shape index (κ2) is 10.3. The summed E-state index contributed by atoms with van der Waals surface area (Å²) in [6, 6.07) is 15.7. The lowest BCUT2D eigenvalue weighted by molar-refractivity contribution is -0.133. The Morgan fingerprint density at radius 2 is 1.81 bits per heavy atom. The number of carbonyl (C=O) groups is 2. The quantitative estimate of drug-likeness (QED) is 0.479. The van der Waals surface area contributed by atoms with E-state index < -0.39 is 0 Å². The third kappa shape index (κ3) is 4.83. The second-order valence-electron chi connectivity index (χ2n) is 9.69. The van der Waals surface area contributed by atoms with Gasteiger partial charge in [0, 0.05) is 70.9 Å². The van der Waals surface area contributed by atoms with Crippen molar-refractivity contribution in [2.45, 2.75) is 12.3 Å². The minimum absolute atomic E-state index is 0.00539. The maximum Gasteiger partial charge on any atom is 0.254 e. The summed E-state index contributed by atoms with van der Waals surface area (Å²) in [5, 5.41) is 0.404. The minimum Gasteiger partial charge on any atom is -0.353 e. The molecule has 1 aliphatic carbocycles. The molecule has 5 rings (SSSR count). The van der Waals surface area contributed by atoms with Crippen molar-refractivity contribution in [2.24, 2.45) is 4.99 Å². The van der Waals surface area contributed by atoms with E-state index in [4.69, 9.17) is 16.6 Å². The van der Waals surface area contributed by atoms with E-state index in [-0.39, 0.29) is 17.7 Å². The molecule has 1 aromatic heterocycles. The predicted octanol–water partition coefficient (Wildman–Crippen LogP) is 4.14. The fourth-order valence-electron chi connectivity index (χ4n) is 5.08. The molecule has 2 aliphatic rings. The lowest BCUT2D eigenvalue weighted by Crippen LogP contribution is -2.51. The van der Waals surface area contributed by atoms with E-state index >= 15 is 0 Å². The molecule has 3 aromatic rings. The summed E-state index contributed by atoms with van der Waals surface area (Å²) in [4.78, 5) is 40.2.